The van der Waals surface area contributed by atoms with E-state index in [0.717, 1.165) is 23.1 Å². The Morgan fingerprint density at radius 1 is 1.05 bits per heavy atom. The zero-order valence-corrected chi connectivity index (χ0v) is 21.1. The summed E-state index contributed by atoms with van der Waals surface area (Å²) in [5.41, 5.74) is 3.26. The molecule has 6 rings (SSSR count). The summed E-state index contributed by atoms with van der Waals surface area (Å²) in [6.07, 6.45) is 1.70. The van der Waals surface area contributed by atoms with Gasteiger partial charge in [-0.15, -0.1) is 0 Å². The Labute approximate surface area is 219 Å². The molecule has 1 saturated carbocycles. The van der Waals surface area contributed by atoms with Crippen molar-refractivity contribution < 1.29 is 27.9 Å². The number of halogens is 1. The summed E-state index contributed by atoms with van der Waals surface area (Å²) in [4.78, 5) is 16.2. The molecule has 0 amide bonds. The molecular weight excluding hydrogens is 487 g/mol. The molecule has 2 aliphatic carbocycles. The van der Waals surface area contributed by atoms with Gasteiger partial charge in [0.1, 0.15) is 29.2 Å². The van der Waals surface area contributed by atoms with Gasteiger partial charge in [0, 0.05) is 23.6 Å². The summed E-state index contributed by atoms with van der Waals surface area (Å²) >= 11 is 0. The molecule has 0 saturated heterocycles. The molecular formula is C30H27FN2O5. The van der Waals surface area contributed by atoms with E-state index in [0.29, 0.717) is 54.0 Å². The number of fused-ring (bicyclic) bond motifs is 1. The highest BCUT2D eigenvalue weighted by Gasteiger charge is 2.45. The van der Waals surface area contributed by atoms with Gasteiger partial charge in [0.25, 0.3) is 0 Å². The van der Waals surface area contributed by atoms with Crippen LogP contribution in [-0.2, 0) is 16.0 Å². The highest BCUT2D eigenvalue weighted by Crippen LogP contribution is 2.49. The van der Waals surface area contributed by atoms with E-state index in [9.17, 15) is 9.18 Å². The first-order valence-electron chi connectivity index (χ1n) is 12.8. The third-order valence-corrected chi connectivity index (χ3v) is 7.07. The SMILES string of the molecule is CCOC(=O)[C@H]1C[C@@H]1c1ccc(O[C@@H]2CCc3c(Oc4ccc(-c5noc(C)n5)cc4)ccc(F)c32)cc1. The summed E-state index contributed by atoms with van der Waals surface area (Å²) < 4.78 is 37.5. The number of aromatic nitrogens is 2. The topological polar surface area (TPSA) is 83.7 Å². The van der Waals surface area contributed by atoms with E-state index in [4.69, 9.17) is 18.7 Å². The summed E-state index contributed by atoms with van der Waals surface area (Å²) in [6, 6.07) is 18.2. The first kappa shape index (κ1) is 24.2. The quantitative estimate of drug-likeness (QED) is 0.242. The predicted molar refractivity (Wildman–Crippen MR) is 137 cm³/mol. The monoisotopic (exact) mass is 514 g/mol. The van der Waals surface area contributed by atoms with E-state index < -0.39 is 6.10 Å². The summed E-state index contributed by atoms with van der Waals surface area (Å²) in [6.45, 7) is 3.96. The Kier molecular flexibility index (Phi) is 6.31. The third-order valence-electron chi connectivity index (χ3n) is 7.07. The van der Waals surface area contributed by atoms with Gasteiger partial charge in [-0.2, -0.15) is 4.98 Å². The van der Waals surface area contributed by atoms with Crippen LogP contribution in [-0.4, -0.2) is 22.7 Å². The fourth-order valence-electron chi connectivity index (χ4n) is 5.10. The maximum Gasteiger partial charge on any atom is 0.309 e. The standard InChI is InChI=1S/C30H27FN2O5/c1-3-35-30(34)24-16-23(24)18-4-8-21(9-5-18)37-27-14-12-22-26(15-13-25(31)28(22)27)36-20-10-6-19(7-11-20)29-32-17(2)38-33-29/h4-11,13,15,23-24,27H,3,12,14,16H2,1-2H3/t23-,24+,27-/m1/s1. The number of esters is 1. The van der Waals surface area contributed by atoms with E-state index in [1.54, 1.807) is 13.0 Å². The highest BCUT2D eigenvalue weighted by molar-refractivity contribution is 5.77. The molecule has 3 atom stereocenters. The number of aryl methyl sites for hydroxylation is 1. The number of benzene rings is 3. The van der Waals surface area contributed by atoms with Gasteiger partial charge in [-0.3, -0.25) is 4.79 Å². The second-order valence-corrected chi connectivity index (χ2v) is 9.62. The fourth-order valence-corrected chi connectivity index (χ4v) is 5.10. The van der Waals surface area contributed by atoms with Gasteiger partial charge in [-0.05, 0) is 86.2 Å². The molecule has 1 fully saturated rings. The molecule has 0 aliphatic heterocycles. The van der Waals surface area contributed by atoms with Gasteiger partial charge in [0.05, 0.1) is 12.5 Å². The molecule has 194 valence electrons. The van der Waals surface area contributed by atoms with Crippen molar-refractivity contribution in [2.45, 2.75) is 45.1 Å². The van der Waals surface area contributed by atoms with Crippen LogP contribution in [0.3, 0.4) is 0 Å². The van der Waals surface area contributed by atoms with E-state index in [1.165, 1.54) is 6.07 Å². The van der Waals surface area contributed by atoms with Crippen LogP contribution >= 0.6 is 0 Å². The maximum absolute atomic E-state index is 15.0. The minimum Gasteiger partial charge on any atom is -0.486 e. The third kappa shape index (κ3) is 4.74. The lowest BCUT2D eigenvalue weighted by molar-refractivity contribution is -0.144. The van der Waals surface area contributed by atoms with Crippen LogP contribution in [0, 0.1) is 18.7 Å². The van der Waals surface area contributed by atoms with Crippen LogP contribution in [0.4, 0.5) is 4.39 Å². The lowest BCUT2D eigenvalue weighted by Crippen LogP contribution is -2.07. The first-order chi connectivity index (χ1) is 18.5. The van der Waals surface area contributed by atoms with Gasteiger partial charge in [0.15, 0.2) is 0 Å². The van der Waals surface area contributed by atoms with Crippen LogP contribution in [0.15, 0.2) is 65.2 Å². The van der Waals surface area contributed by atoms with Crippen LogP contribution in [0.2, 0.25) is 0 Å². The molecule has 1 heterocycles. The van der Waals surface area contributed by atoms with Crippen LogP contribution in [0.5, 0.6) is 17.2 Å². The number of hydrogen-bond donors (Lipinski definition) is 0. The van der Waals surface area contributed by atoms with Gasteiger partial charge in [-0.1, -0.05) is 17.3 Å². The number of ether oxygens (including phenoxy) is 3. The van der Waals surface area contributed by atoms with E-state index in [1.807, 2.05) is 55.5 Å². The molecule has 2 aliphatic rings. The molecule has 38 heavy (non-hydrogen) atoms. The largest absolute Gasteiger partial charge is 0.486 e. The number of rotatable bonds is 8. The minimum absolute atomic E-state index is 0.0599. The van der Waals surface area contributed by atoms with Crippen molar-refractivity contribution in [3.63, 3.8) is 0 Å². The highest BCUT2D eigenvalue weighted by atomic mass is 19.1. The fraction of sp³-hybridized carbons (Fsp3) is 0.300. The Morgan fingerprint density at radius 2 is 1.82 bits per heavy atom. The van der Waals surface area contributed by atoms with Gasteiger partial charge >= 0.3 is 5.97 Å². The lowest BCUT2D eigenvalue weighted by Gasteiger charge is -2.17. The number of nitrogens with zero attached hydrogens (tertiary/aromatic N) is 2. The molecule has 0 N–H and O–H groups in total. The zero-order chi connectivity index (χ0) is 26.2. The molecule has 4 aromatic rings. The van der Waals surface area contributed by atoms with Crippen LogP contribution in [0.1, 0.15) is 54.4 Å². The Hall–Kier alpha value is -4.20. The van der Waals surface area contributed by atoms with Crippen molar-refractivity contribution in [1.29, 1.82) is 0 Å². The van der Waals surface area contributed by atoms with Crippen LogP contribution in [0.25, 0.3) is 11.4 Å². The Balaban J connectivity index is 1.14. The van der Waals surface area contributed by atoms with E-state index in [-0.39, 0.29) is 23.6 Å². The van der Waals surface area contributed by atoms with Crippen LogP contribution < -0.4 is 9.47 Å². The zero-order valence-electron chi connectivity index (χ0n) is 21.1. The second-order valence-electron chi connectivity index (χ2n) is 9.62. The number of carbonyl (C=O) groups excluding carboxylic acids is 1. The number of hydrogen-bond acceptors (Lipinski definition) is 7. The maximum atomic E-state index is 15.0. The smallest absolute Gasteiger partial charge is 0.309 e. The molecule has 3 aromatic carbocycles. The minimum atomic E-state index is -0.406. The average Bonchev–Trinajstić information content (AvgIpc) is 3.43. The normalized spacial score (nSPS) is 19.6. The average molecular weight is 515 g/mol. The van der Waals surface area contributed by atoms with E-state index in [2.05, 4.69) is 10.1 Å². The van der Waals surface area contributed by atoms with Gasteiger partial charge < -0.3 is 18.7 Å². The first-order valence-corrected chi connectivity index (χ1v) is 12.8. The number of carbonyl (C=O) groups is 1. The molecule has 0 radical (unpaired) electrons. The predicted octanol–water partition coefficient (Wildman–Crippen LogP) is 6.71. The Morgan fingerprint density at radius 3 is 2.53 bits per heavy atom. The summed E-state index contributed by atoms with van der Waals surface area (Å²) in [7, 11) is 0. The Bertz CT molecular complexity index is 1470. The van der Waals surface area contributed by atoms with E-state index >= 15 is 0 Å². The van der Waals surface area contributed by atoms with Gasteiger partial charge in [0.2, 0.25) is 11.7 Å². The molecule has 0 unspecified atom stereocenters. The molecule has 0 spiro atoms. The van der Waals surface area contributed by atoms with Crippen molar-refractivity contribution in [3.05, 3.63) is 89.1 Å². The van der Waals surface area contributed by atoms with Crippen molar-refractivity contribution in [3.8, 4) is 28.6 Å². The van der Waals surface area contributed by atoms with Crippen molar-refractivity contribution >= 4 is 5.97 Å². The summed E-state index contributed by atoms with van der Waals surface area (Å²) in [5.74, 6) is 2.62. The van der Waals surface area contributed by atoms with Crippen molar-refractivity contribution in [2.24, 2.45) is 5.92 Å². The molecule has 7 nitrogen and oxygen atoms in total. The van der Waals surface area contributed by atoms with Crippen molar-refractivity contribution in [1.82, 2.24) is 10.1 Å². The van der Waals surface area contributed by atoms with Crippen molar-refractivity contribution in [2.75, 3.05) is 6.61 Å². The second kappa shape index (κ2) is 9.93. The molecule has 0 bridgehead atoms. The molecule has 1 aromatic heterocycles. The summed E-state index contributed by atoms with van der Waals surface area (Å²) in [5, 5.41) is 3.93. The lowest BCUT2D eigenvalue weighted by atomic mass is 10.1. The molecule has 8 heteroatoms. The van der Waals surface area contributed by atoms with Gasteiger partial charge in [-0.25, -0.2) is 4.39 Å².